The first-order chi connectivity index (χ1) is 13.8. The number of benzene rings is 1. The molecule has 1 fully saturated rings. The minimum absolute atomic E-state index is 0.0474. The highest BCUT2D eigenvalue weighted by atomic mass is 35.5. The summed E-state index contributed by atoms with van der Waals surface area (Å²) < 4.78 is 27.0. The van der Waals surface area contributed by atoms with Crippen LogP contribution in [0.25, 0.3) is 0 Å². The smallest absolute Gasteiger partial charge is 0.223 e. The van der Waals surface area contributed by atoms with Crippen LogP contribution < -0.4 is 5.32 Å². The third kappa shape index (κ3) is 7.12. The summed E-state index contributed by atoms with van der Waals surface area (Å²) in [5.41, 5.74) is 0.424. The van der Waals surface area contributed by atoms with E-state index in [0.717, 1.165) is 19.3 Å². The molecule has 2 rings (SSSR count). The highest BCUT2D eigenvalue weighted by Gasteiger charge is 2.32. The summed E-state index contributed by atoms with van der Waals surface area (Å²) >= 11 is 12.2. The Hall–Kier alpha value is -0.820. The number of rotatable bonds is 10. The van der Waals surface area contributed by atoms with Crippen LogP contribution in [0.5, 0.6) is 0 Å². The number of hydrogen-bond donors (Lipinski definition) is 1. The molecule has 1 heterocycles. The van der Waals surface area contributed by atoms with E-state index in [0.29, 0.717) is 54.0 Å². The molecule has 29 heavy (non-hydrogen) atoms. The second-order valence-electron chi connectivity index (χ2n) is 7.79. The van der Waals surface area contributed by atoms with E-state index >= 15 is 0 Å². The van der Waals surface area contributed by atoms with Gasteiger partial charge < -0.3 is 5.32 Å². The number of nitrogens with one attached hydrogen (secondary N) is 1. The molecule has 8 heteroatoms. The van der Waals surface area contributed by atoms with Gasteiger partial charge in [0.15, 0.2) is 0 Å². The SMILES string of the molecule is CCCCC(CC)CNC(=O)C1CCN(S(=O)(=O)Cc2c(Cl)cccc2Cl)CC1. The zero-order valence-corrected chi connectivity index (χ0v) is 19.6. The highest BCUT2D eigenvalue weighted by Crippen LogP contribution is 2.29. The van der Waals surface area contributed by atoms with E-state index < -0.39 is 10.0 Å². The molecule has 0 bridgehead atoms. The Bertz CT molecular complexity index is 758. The zero-order valence-electron chi connectivity index (χ0n) is 17.3. The van der Waals surface area contributed by atoms with Gasteiger partial charge in [0.2, 0.25) is 15.9 Å². The third-order valence-electron chi connectivity index (χ3n) is 5.71. The topological polar surface area (TPSA) is 66.5 Å². The lowest BCUT2D eigenvalue weighted by molar-refractivity contribution is -0.126. The zero-order chi connectivity index (χ0) is 21.4. The number of carbonyl (C=O) groups is 1. The van der Waals surface area contributed by atoms with Crippen molar-refractivity contribution >= 4 is 39.1 Å². The Kier molecular flexibility index (Phi) is 9.73. The van der Waals surface area contributed by atoms with Crippen LogP contribution in [0.1, 0.15) is 57.9 Å². The summed E-state index contributed by atoms with van der Waals surface area (Å²) in [6.45, 7) is 5.72. The molecule has 0 radical (unpaired) electrons. The standard InChI is InChI=1S/C21H32Cl2N2O3S/c1-3-5-7-16(4-2)14-24-21(26)17-10-12-25(13-11-17)29(27,28)15-18-19(22)8-6-9-20(18)23/h6,8-9,16-17H,3-5,7,10-15H2,1-2H3,(H,24,26). The van der Waals surface area contributed by atoms with Crippen molar-refractivity contribution in [1.29, 1.82) is 0 Å². The monoisotopic (exact) mass is 462 g/mol. The van der Waals surface area contributed by atoms with Crippen LogP contribution >= 0.6 is 23.2 Å². The first-order valence-corrected chi connectivity index (χ1v) is 12.8. The van der Waals surface area contributed by atoms with E-state index in [9.17, 15) is 13.2 Å². The van der Waals surface area contributed by atoms with Gasteiger partial charge in [-0.3, -0.25) is 4.79 Å². The van der Waals surface area contributed by atoms with Crippen molar-refractivity contribution in [3.8, 4) is 0 Å². The fraction of sp³-hybridized carbons (Fsp3) is 0.667. The predicted octanol–water partition coefficient (Wildman–Crippen LogP) is 4.87. The molecule has 0 saturated carbocycles. The molecule has 1 aromatic carbocycles. The molecule has 1 N–H and O–H groups in total. The number of halogens is 2. The maximum Gasteiger partial charge on any atom is 0.223 e. The molecule has 0 aliphatic carbocycles. The summed E-state index contributed by atoms with van der Waals surface area (Å²) in [6, 6.07) is 4.97. The minimum Gasteiger partial charge on any atom is -0.356 e. The fourth-order valence-corrected chi connectivity index (χ4v) is 5.99. The first kappa shape index (κ1) is 24.4. The van der Waals surface area contributed by atoms with Gasteiger partial charge in [-0.25, -0.2) is 12.7 Å². The molecule has 1 aliphatic heterocycles. The maximum absolute atomic E-state index is 12.8. The Morgan fingerprint density at radius 2 is 1.83 bits per heavy atom. The number of unbranched alkanes of at least 4 members (excludes halogenated alkanes) is 1. The molecule has 164 valence electrons. The number of amides is 1. The van der Waals surface area contributed by atoms with Gasteiger partial charge >= 0.3 is 0 Å². The lowest BCUT2D eigenvalue weighted by Gasteiger charge is -2.31. The summed E-state index contributed by atoms with van der Waals surface area (Å²) in [5, 5.41) is 3.78. The predicted molar refractivity (Wildman–Crippen MR) is 120 cm³/mol. The van der Waals surface area contributed by atoms with Crippen molar-refractivity contribution in [2.45, 2.75) is 58.1 Å². The number of hydrogen-bond acceptors (Lipinski definition) is 3. The van der Waals surface area contributed by atoms with Crippen LogP contribution in [0.4, 0.5) is 0 Å². The van der Waals surface area contributed by atoms with Crippen molar-refractivity contribution in [3.05, 3.63) is 33.8 Å². The van der Waals surface area contributed by atoms with E-state index in [2.05, 4.69) is 19.2 Å². The molecule has 1 aromatic rings. The summed E-state index contributed by atoms with van der Waals surface area (Å²) in [5.74, 6) is 0.206. The number of sulfonamides is 1. The normalized spacial score (nSPS) is 17.2. The van der Waals surface area contributed by atoms with Crippen LogP contribution in [0.3, 0.4) is 0 Å². The average Bonchev–Trinajstić information content (AvgIpc) is 2.71. The number of nitrogens with zero attached hydrogens (tertiary/aromatic N) is 1. The van der Waals surface area contributed by atoms with Crippen molar-refractivity contribution < 1.29 is 13.2 Å². The highest BCUT2D eigenvalue weighted by molar-refractivity contribution is 7.88. The quantitative estimate of drug-likeness (QED) is 0.539. The second kappa shape index (κ2) is 11.5. The Labute approximate surface area is 185 Å². The lowest BCUT2D eigenvalue weighted by Crippen LogP contribution is -2.44. The Morgan fingerprint density at radius 1 is 1.21 bits per heavy atom. The van der Waals surface area contributed by atoms with Gasteiger partial charge in [-0.05, 0) is 37.3 Å². The van der Waals surface area contributed by atoms with Gasteiger partial charge in [-0.2, -0.15) is 0 Å². The van der Waals surface area contributed by atoms with E-state index in [-0.39, 0.29) is 17.6 Å². The molecule has 0 aromatic heterocycles. The van der Waals surface area contributed by atoms with Gasteiger partial charge in [-0.1, -0.05) is 62.4 Å². The molecule has 1 atom stereocenters. The third-order valence-corrected chi connectivity index (χ3v) is 8.23. The van der Waals surface area contributed by atoms with Crippen LogP contribution in [0.15, 0.2) is 18.2 Å². The van der Waals surface area contributed by atoms with Crippen LogP contribution in [0.2, 0.25) is 10.0 Å². The van der Waals surface area contributed by atoms with Crippen LogP contribution in [0, 0.1) is 11.8 Å². The lowest BCUT2D eigenvalue weighted by atomic mass is 9.95. The van der Waals surface area contributed by atoms with Crippen molar-refractivity contribution in [3.63, 3.8) is 0 Å². The van der Waals surface area contributed by atoms with E-state index in [1.165, 1.54) is 10.7 Å². The maximum atomic E-state index is 12.8. The Morgan fingerprint density at radius 3 is 2.38 bits per heavy atom. The molecular formula is C21H32Cl2N2O3S. The van der Waals surface area contributed by atoms with Gasteiger partial charge in [0, 0.05) is 41.2 Å². The van der Waals surface area contributed by atoms with Gasteiger partial charge in [0.1, 0.15) is 0 Å². The minimum atomic E-state index is -3.54. The number of piperidine rings is 1. The van der Waals surface area contributed by atoms with Gasteiger partial charge in [0.25, 0.3) is 0 Å². The van der Waals surface area contributed by atoms with Crippen molar-refractivity contribution in [2.75, 3.05) is 19.6 Å². The first-order valence-electron chi connectivity index (χ1n) is 10.5. The summed E-state index contributed by atoms with van der Waals surface area (Å²) in [4.78, 5) is 12.5. The molecule has 1 aliphatic rings. The molecule has 0 spiro atoms. The molecule has 1 amide bonds. The molecule has 1 unspecified atom stereocenters. The largest absolute Gasteiger partial charge is 0.356 e. The fourth-order valence-electron chi connectivity index (χ4n) is 3.67. The number of carbonyl (C=O) groups excluding carboxylic acids is 1. The van der Waals surface area contributed by atoms with Gasteiger partial charge in [-0.15, -0.1) is 0 Å². The second-order valence-corrected chi connectivity index (χ2v) is 10.6. The van der Waals surface area contributed by atoms with E-state index in [1.54, 1.807) is 18.2 Å². The van der Waals surface area contributed by atoms with Crippen LogP contribution in [-0.2, 0) is 20.6 Å². The average molecular weight is 463 g/mol. The van der Waals surface area contributed by atoms with Crippen molar-refractivity contribution in [2.24, 2.45) is 11.8 Å². The van der Waals surface area contributed by atoms with Crippen molar-refractivity contribution in [1.82, 2.24) is 9.62 Å². The molecule has 5 nitrogen and oxygen atoms in total. The van der Waals surface area contributed by atoms with Crippen LogP contribution in [-0.4, -0.2) is 38.3 Å². The van der Waals surface area contributed by atoms with E-state index in [4.69, 9.17) is 23.2 Å². The van der Waals surface area contributed by atoms with E-state index in [1.807, 2.05) is 0 Å². The molecular weight excluding hydrogens is 431 g/mol. The van der Waals surface area contributed by atoms with Gasteiger partial charge in [0.05, 0.1) is 5.75 Å². The Balaban J connectivity index is 1.86. The summed E-state index contributed by atoms with van der Waals surface area (Å²) in [6.07, 6.45) is 5.60. The summed E-state index contributed by atoms with van der Waals surface area (Å²) in [7, 11) is -3.54. The molecule has 1 saturated heterocycles.